The van der Waals surface area contributed by atoms with Gasteiger partial charge in [-0.25, -0.2) is 14.4 Å². The number of piperidine rings is 1. The number of nitrogens with zero attached hydrogens (tertiary/aromatic N) is 7. The monoisotopic (exact) mass is 421 g/mol. The molecule has 2 fully saturated rings. The predicted octanol–water partition coefficient (Wildman–Crippen LogP) is 2.55. The molecule has 3 aromatic rings. The van der Waals surface area contributed by atoms with Crippen LogP contribution in [0.4, 0.5) is 10.3 Å². The van der Waals surface area contributed by atoms with E-state index in [2.05, 4.69) is 32.0 Å². The standard InChI is InChI=1S/C22H24FN7O/c1-13-8-14(2)27-22(26-13)29-11-16-9-15(3)28(12-20(16)29)21(31)18-10-17(23)4-5-19(18)30-24-6-7-25-30/h4-8,10,15-16,20H,9,11-12H2,1-3H3/t15-,16+,20?/m1/s1. The molecule has 5 rings (SSSR count). The highest BCUT2D eigenvalue weighted by molar-refractivity contribution is 5.98. The highest BCUT2D eigenvalue weighted by Crippen LogP contribution is 2.38. The molecule has 1 unspecified atom stereocenters. The Morgan fingerprint density at radius 2 is 1.77 bits per heavy atom. The summed E-state index contributed by atoms with van der Waals surface area (Å²) < 4.78 is 14.1. The molecular formula is C22H24FN7O. The highest BCUT2D eigenvalue weighted by Gasteiger charge is 2.47. The van der Waals surface area contributed by atoms with E-state index < -0.39 is 5.82 Å². The van der Waals surface area contributed by atoms with Crippen molar-refractivity contribution in [1.29, 1.82) is 0 Å². The molecule has 2 aliphatic rings. The van der Waals surface area contributed by atoms with Gasteiger partial charge in [0.15, 0.2) is 0 Å². The second-order valence-corrected chi connectivity index (χ2v) is 8.45. The van der Waals surface area contributed by atoms with Gasteiger partial charge in [0.1, 0.15) is 5.82 Å². The van der Waals surface area contributed by atoms with Crippen molar-refractivity contribution in [1.82, 2.24) is 29.9 Å². The van der Waals surface area contributed by atoms with Crippen molar-refractivity contribution in [2.45, 2.75) is 39.3 Å². The first-order valence-electron chi connectivity index (χ1n) is 10.5. The van der Waals surface area contributed by atoms with Crippen LogP contribution in [0.3, 0.4) is 0 Å². The molecule has 3 atom stereocenters. The van der Waals surface area contributed by atoms with Crippen molar-refractivity contribution in [3.05, 3.63) is 59.4 Å². The predicted molar refractivity (Wildman–Crippen MR) is 113 cm³/mol. The molecule has 1 aromatic carbocycles. The van der Waals surface area contributed by atoms with Crippen molar-refractivity contribution in [3.63, 3.8) is 0 Å². The number of hydrogen-bond donors (Lipinski definition) is 0. The van der Waals surface area contributed by atoms with E-state index >= 15 is 0 Å². The molecule has 31 heavy (non-hydrogen) atoms. The quantitative estimate of drug-likeness (QED) is 0.647. The van der Waals surface area contributed by atoms with E-state index in [1.54, 1.807) is 6.07 Å². The number of amides is 1. The van der Waals surface area contributed by atoms with Gasteiger partial charge in [-0.1, -0.05) is 0 Å². The summed E-state index contributed by atoms with van der Waals surface area (Å²) in [6.45, 7) is 7.41. The second-order valence-electron chi connectivity index (χ2n) is 8.45. The number of rotatable bonds is 3. The van der Waals surface area contributed by atoms with E-state index in [4.69, 9.17) is 0 Å². The molecule has 2 aliphatic heterocycles. The van der Waals surface area contributed by atoms with Crippen LogP contribution in [0.1, 0.15) is 35.1 Å². The lowest BCUT2D eigenvalue weighted by Crippen LogP contribution is -2.67. The van der Waals surface area contributed by atoms with Crippen LogP contribution in [-0.2, 0) is 0 Å². The van der Waals surface area contributed by atoms with Gasteiger partial charge in [0, 0.05) is 36.4 Å². The Hall–Kier alpha value is -3.36. The third-order valence-electron chi connectivity index (χ3n) is 6.25. The molecule has 8 nitrogen and oxygen atoms in total. The van der Waals surface area contributed by atoms with Gasteiger partial charge < -0.3 is 9.80 Å². The Morgan fingerprint density at radius 3 is 2.48 bits per heavy atom. The number of fused-ring (bicyclic) bond motifs is 1. The Kier molecular flexibility index (Phi) is 4.68. The zero-order valence-corrected chi connectivity index (χ0v) is 17.7. The molecule has 4 heterocycles. The Bertz CT molecular complexity index is 1110. The average Bonchev–Trinajstić information content (AvgIpc) is 3.23. The Morgan fingerprint density at radius 1 is 1.06 bits per heavy atom. The van der Waals surface area contributed by atoms with Crippen LogP contribution in [0.25, 0.3) is 5.69 Å². The number of hydrogen-bond acceptors (Lipinski definition) is 6. The van der Waals surface area contributed by atoms with Gasteiger partial charge in [-0.05, 0) is 51.5 Å². The Balaban J connectivity index is 1.43. The second kappa shape index (κ2) is 7.40. The number of halogens is 1. The highest BCUT2D eigenvalue weighted by atomic mass is 19.1. The molecule has 0 aliphatic carbocycles. The molecule has 1 amide bonds. The van der Waals surface area contributed by atoms with Crippen molar-refractivity contribution >= 4 is 11.9 Å². The molecule has 0 radical (unpaired) electrons. The number of carbonyl (C=O) groups excluding carboxylic acids is 1. The minimum atomic E-state index is -0.462. The van der Waals surface area contributed by atoms with Crippen LogP contribution in [0.2, 0.25) is 0 Å². The summed E-state index contributed by atoms with van der Waals surface area (Å²) in [6.07, 6.45) is 3.95. The van der Waals surface area contributed by atoms with E-state index in [1.807, 2.05) is 24.8 Å². The molecule has 9 heteroatoms. The summed E-state index contributed by atoms with van der Waals surface area (Å²) >= 11 is 0. The van der Waals surface area contributed by atoms with Crippen LogP contribution in [0.15, 0.2) is 36.7 Å². The van der Waals surface area contributed by atoms with Crippen molar-refractivity contribution in [3.8, 4) is 5.69 Å². The summed E-state index contributed by atoms with van der Waals surface area (Å²) in [5.41, 5.74) is 2.59. The fourth-order valence-electron chi connectivity index (χ4n) is 4.75. The minimum Gasteiger partial charge on any atom is -0.335 e. The van der Waals surface area contributed by atoms with E-state index in [1.165, 1.54) is 29.3 Å². The van der Waals surface area contributed by atoms with Gasteiger partial charge in [0.05, 0.1) is 29.7 Å². The number of aromatic nitrogens is 5. The van der Waals surface area contributed by atoms with Gasteiger partial charge in [-0.15, -0.1) is 0 Å². The smallest absolute Gasteiger partial charge is 0.256 e. The van der Waals surface area contributed by atoms with Crippen molar-refractivity contribution in [2.24, 2.45) is 5.92 Å². The summed E-state index contributed by atoms with van der Waals surface area (Å²) in [5.74, 6) is 0.526. The van der Waals surface area contributed by atoms with Crippen LogP contribution in [0.5, 0.6) is 0 Å². The number of benzene rings is 1. The zero-order valence-electron chi connectivity index (χ0n) is 17.7. The number of aryl methyl sites for hydroxylation is 2. The van der Waals surface area contributed by atoms with E-state index in [-0.39, 0.29) is 23.6 Å². The van der Waals surface area contributed by atoms with Crippen molar-refractivity contribution in [2.75, 3.05) is 18.0 Å². The van der Waals surface area contributed by atoms with Gasteiger partial charge in [-0.2, -0.15) is 15.0 Å². The first-order chi connectivity index (χ1) is 14.9. The number of carbonyl (C=O) groups is 1. The van der Waals surface area contributed by atoms with Crippen LogP contribution in [0, 0.1) is 25.6 Å². The number of anilines is 1. The maximum Gasteiger partial charge on any atom is 0.256 e. The summed E-state index contributed by atoms with van der Waals surface area (Å²) in [4.78, 5) is 28.1. The normalized spacial score (nSPS) is 22.8. The van der Waals surface area contributed by atoms with E-state index in [0.717, 1.165) is 24.4 Å². The molecule has 160 valence electrons. The number of likely N-dealkylation sites (tertiary alicyclic amines) is 1. The summed E-state index contributed by atoms with van der Waals surface area (Å²) in [6, 6.07) is 6.29. The third-order valence-corrected chi connectivity index (χ3v) is 6.25. The summed E-state index contributed by atoms with van der Waals surface area (Å²) in [5, 5.41) is 8.23. The van der Waals surface area contributed by atoms with Gasteiger partial charge in [0.25, 0.3) is 5.91 Å². The lowest BCUT2D eigenvalue weighted by Gasteiger charge is -2.55. The largest absolute Gasteiger partial charge is 0.335 e. The van der Waals surface area contributed by atoms with Crippen molar-refractivity contribution < 1.29 is 9.18 Å². The molecule has 0 N–H and O–H groups in total. The SMILES string of the molecule is Cc1cc(C)nc(N2C[C@@H]3C[C@@H](C)N(C(=O)c4cc(F)ccc4-n4nccn4)CC32)n1. The van der Waals surface area contributed by atoms with E-state index in [9.17, 15) is 9.18 Å². The van der Waals surface area contributed by atoms with Crippen LogP contribution < -0.4 is 4.90 Å². The lowest BCUT2D eigenvalue weighted by molar-refractivity contribution is 0.0424. The van der Waals surface area contributed by atoms with Crippen LogP contribution >= 0.6 is 0 Å². The molecule has 0 spiro atoms. The van der Waals surface area contributed by atoms with E-state index in [0.29, 0.717) is 24.1 Å². The minimum absolute atomic E-state index is 0.0535. The fraction of sp³-hybridized carbons (Fsp3) is 0.409. The molecule has 2 aromatic heterocycles. The van der Waals surface area contributed by atoms with Gasteiger partial charge >= 0.3 is 0 Å². The van der Waals surface area contributed by atoms with Gasteiger partial charge in [0.2, 0.25) is 5.95 Å². The molecule has 2 saturated heterocycles. The average molecular weight is 421 g/mol. The molecule has 0 saturated carbocycles. The summed E-state index contributed by atoms with van der Waals surface area (Å²) in [7, 11) is 0. The first kappa shape index (κ1) is 19.6. The topological polar surface area (TPSA) is 80.0 Å². The maximum absolute atomic E-state index is 14.1. The molecular weight excluding hydrogens is 397 g/mol. The third kappa shape index (κ3) is 3.43. The maximum atomic E-state index is 14.1. The first-order valence-corrected chi connectivity index (χ1v) is 10.5. The molecule has 0 bridgehead atoms. The zero-order chi connectivity index (χ0) is 21.7. The van der Waals surface area contributed by atoms with Crippen LogP contribution in [-0.4, -0.2) is 60.9 Å². The Labute approximate surface area is 179 Å². The van der Waals surface area contributed by atoms with Gasteiger partial charge in [-0.3, -0.25) is 4.79 Å². The lowest BCUT2D eigenvalue weighted by atomic mass is 9.79. The fourth-order valence-corrected chi connectivity index (χ4v) is 4.75.